The SMILES string of the molecule is CC1CCCC(C)N1C(CN)c1ccc(Cl)c([N+](=O)[O-])c1. The molecule has 1 aromatic rings. The van der Waals surface area contributed by atoms with Crippen molar-refractivity contribution in [3.63, 3.8) is 0 Å². The number of rotatable bonds is 4. The fourth-order valence-corrected chi connectivity index (χ4v) is 3.55. The molecule has 0 aromatic heterocycles. The maximum Gasteiger partial charge on any atom is 0.288 e. The number of nitrogens with two attached hydrogens (primary N) is 1. The molecule has 1 saturated heterocycles. The highest BCUT2D eigenvalue weighted by atomic mass is 35.5. The van der Waals surface area contributed by atoms with E-state index in [0.29, 0.717) is 18.6 Å². The molecule has 116 valence electrons. The molecule has 21 heavy (non-hydrogen) atoms. The summed E-state index contributed by atoms with van der Waals surface area (Å²) in [6.07, 6.45) is 3.49. The van der Waals surface area contributed by atoms with Crippen LogP contribution in [0.2, 0.25) is 5.02 Å². The molecular formula is C15H22ClN3O2. The Morgan fingerprint density at radius 3 is 2.57 bits per heavy atom. The smallest absolute Gasteiger partial charge is 0.288 e. The fraction of sp³-hybridized carbons (Fsp3) is 0.600. The van der Waals surface area contributed by atoms with Crippen LogP contribution in [-0.2, 0) is 0 Å². The van der Waals surface area contributed by atoms with E-state index in [2.05, 4.69) is 18.7 Å². The molecule has 0 spiro atoms. The zero-order valence-corrected chi connectivity index (χ0v) is 13.2. The molecule has 0 bridgehead atoms. The van der Waals surface area contributed by atoms with Gasteiger partial charge in [0.15, 0.2) is 0 Å². The first-order valence-electron chi connectivity index (χ1n) is 7.37. The Hall–Kier alpha value is -1.17. The lowest BCUT2D eigenvalue weighted by Gasteiger charge is -2.44. The second-order valence-electron chi connectivity index (χ2n) is 5.80. The minimum atomic E-state index is -0.442. The average Bonchev–Trinajstić information content (AvgIpc) is 2.43. The molecule has 5 nitrogen and oxygen atoms in total. The Morgan fingerprint density at radius 1 is 1.43 bits per heavy atom. The summed E-state index contributed by atoms with van der Waals surface area (Å²) in [4.78, 5) is 13.0. The number of benzene rings is 1. The Morgan fingerprint density at radius 2 is 2.05 bits per heavy atom. The van der Waals surface area contributed by atoms with Gasteiger partial charge in [0.1, 0.15) is 5.02 Å². The number of nitrogens with zero attached hydrogens (tertiary/aromatic N) is 2. The summed E-state index contributed by atoms with van der Waals surface area (Å²) in [5.41, 5.74) is 6.80. The third-order valence-electron chi connectivity index (χ3n) is 4.40. The van der Waals surface area contributed by atoms with Crippen molar-refractivity contribution in [1.29, 1.82) is 0 Å². The molecule has 1 fully saturated rings. The topological polar surface area (TPSA) is 72.4 Å². The van der Waals surface area contributed by atoms with Crippen molar-refractivity contribution in [2.75, 3.05) is 6.54 Å². The van der Waals surface area contributed by atoms with E-state index in [1.165, 1.54) is 6.42 Å². The molecule has 2 N–H and O–H groups in total. The van der Waals surface area contributed by atoms with Crippen LogP contribution in [0.3, 0.4) is 0 Å². The average molecular weight is 312 g/mol. The van der Waals surface area contributed by atoms with E-state index >= 15 is 0 Å². The molecule has 6 heteroatoms. The molecule has 1 aliphatic rings. The van der Waals surface area contributed by atoms with Gasteiger partial charge in [0, 0.05) is 30.7 Å². The molecule has 3 atom stereocenters. The van der Waals surface area contributed by atoms with Crippen LogP contribution in [0.5, 0.6) is 0 Å². The van der Waals surface area contributed by atoms with Crippen LogP contribution in [0.1, 0.15) is 44.7 Å². The van der Waals surface area contributed by atoms with Gasteiger partial charge < -0.3 is 5.73 Å². The van der Waals surface area contributed by atoms with Crippen molar-refractivity contribution >= 4 is 17.3 Å². The van der Waals surface area contributed by atoms with E-state index in [1.807, 2.05) is 6.07 Å². The molecule has 0 radical (unpaired) electrons. The number of likely N-dealkylation sites (tertiary alicyclic amines) is 1. The number of halogens is 1. The number of piperidine rings is 1. The highest BCUT2D eigenvalue weighted by molar-refractivity contribution is 6.32. The van der Waals surface area contributed by atoms with Gasteiger partial charge in [-0.1, -0.05) is 24.1 Å². The van der Waals surface area contributed by atoms with E-state index in [-0.39, 0.29) is 16.8 Å². The zero-order valence-electron chi connectivity index (χ0n) is 12.5. The van der Waals surface area contributed by atoms with E-state index in [1.54, 1.807) is 12.1 Å². The molecule has 0 amide bonds. The molecular weight excluding hydrogens is 290 g/mol. The lowest BCUT2D eigenvalue weighted by Crippen LogP contribution is -2.48. The predicted molar refractivity (Wildman–Crippen MR) is 84.5 cm³/mol. The quantitative estimate of drug-likeness (QED) is 0.682. The highest BCUT2D eigenvalue weighted by Gasteiger charge is 2.32. The minimum absolute atomic E-state index is 0.00809. The molecule has 2 rings (SSSR count). The van der Waals surface area contributed by atoms with Gasteiger partial charge in [0.25, 0.3) is 5.69 Å². The molecule has 0 aliphatic carbocycles. The largest absolute Gasteiger partial charge is 0.329 e. The van der Waals surface area contributed by atoms with E-state index in [4.69, 9.17) is 17.3 Å². The van der Waals surface area contributed by atoms with Crippen LogP contribution in [0, 0.1) is 10.1 Å². The Balaban J connectivity index is 2.36. The summed E-state index contributed by atoms with van der Waals surface area (Å²) in [7, 11) is 0. The first kappa shape index (κ1) is 16.2. The van der Waals surface area contributed by atoms with Gasteiger partial charge in [0.2, 0.25) is 0 Å². The summed E-state index contributed by atoms with van der Waals surface area (Å²) >= 11 is 5.90. The van der Waals surface area contributed by atoms with E-state index < -0.39 is 4.92 Å². The number of hydrogen-bond donors (Lipinski definition) is 1. The van der Waals surface area contributed by atoms with Crippen LogP contribution >= 0.6 is 11.6 Å². The summed E-state index contributed by atoms with van der Waals surface area (Å²) in [6.45, 7) is 4.83. The van der Waals surface area contributed by atoms with Crippen molar-refractivity contribution in [2.24, 2.45) is 5.73 Å². The van der Waals surface area contributed by atoms with E-state index in [0.717, 1.165) is 18.4 Å². The van der Waals surface area contributed by atoms with E-state index in [9.17, 15) is 10.1 Å². The third kappa shape index (κ3) is 3.36. The minimum Gasteiger partial charge on any atom is -0.329 e. The molecule has 0 saturated carbocycles. The van der Waals surface area contributed by atoms with Crippen LogP contribution in [0.15, 0.2) is 18.2 Å². The Kier molecular flexibility index (Phi) is 5.19. The maximum atomic E-state index is 11.1. The van der Waals surface area contributed by atoms with Crippen LogP contribution < -0.4 is 5.73 Å². The van der Waals surface area contributed by atoms with Gasteiger partial charge in [-0.15, -0.1) is 0 Å². The second-order valence-corrected chi connectivity index (χ2v) is 6.20. The third-order valence-corrected chi connectivity index (χ3v) is 4.72. The van der Waals surface area contributed by atoms with Crippen molar-refractivity contribution < 1.29 is 4.92 Å². The van der Waals surface area contributed by atoms with Crippen molar-refractivity contribution in [2.45, 2.75) is 51.2 Å². The van der Waals surface area contributed by atoms with Gasteiger partial charge >= 0.3 is 0 Å². The fourth-order valence-electron chi connectivity index (χ4n) is 3.36. The van der Waals surface area contributed by atoms with Crippen LogP contribution in [-0.4, -0.2) is 28.5 Å². The van der Waals surface area contributed by atoms with Crippen molar-refractivity contribution in [3.8, 4) is 0 Å². The summed E-state index contributed by atoms with van der Waals surface area (Å²) in [5.74, 6) is 0. The maximum absolute atomic E-state index is 11.1. The normalized spacial score (nSPS) is 24.8. The highest BCUT2D eigenvalue weighted by Crippen LogP contribution is 2.34. The number of nitro benzene ring substituents is 1. The first-order valence-corrected chi connectivity index (χ1v) is 7.74. The number of nitro groups is 1. The Bertz CT molecular complexity index is 514. The van der Waals surface area contributed by atoms with Crippen LogP contribution in [0.25, 0.3) is 0 Å². The van der Waals surface area contributed by atoms with Crippen molar-refractivity contribution in [3.05, 3.63) is 38.9 Å². The molecule has 3 unspecified atom stereocenters. The van der Waals surface area contributed by atoms with Crippen molar-refractivity contribution in [1.82, 2.24) is 4.90 Å². The molecule has 1 aliphatic heterocycles. The van der Waals surface area contributed by atoms with Gasteiger partial charge in [-0.2, -0.15) is 0 Å². The lowest BCUT2D eigenvalue weighted by molar-refractivity contribution is -0.384. The molecule has 1 aromatic carbocycles. The van der Waals surface area contributed by atoms with Gasteiger partial charge in [-0.25, -0.2) is 0 Å². The van der Waals surface area contributed by atoms with Crippen LogP contribution in [0.4, 0.5) is 5.69 Å². The standard InChI is InChI=1S/C15H22ClN3O2/c1-10-4-3-5-11(2)18(10)15(9-17)12-6-7-13(16)14(8-12)19(20)21/h6-8,10-11,15H,3-5,9,17H2,1-2H3. The Labute approximate surface area is 130 Å². The van der Waals surface area contributed by atoms with Gasteiger partial charge in [-0.05, 0) is 38.3 Å². The summed E-state index contributed by atoms with van der Waals surface area (Å²) in [5, 5.41) is 11.2. The summed E-state index contributed by atoms with van der Waals surface area (Å²) in [6, 6.07) is 5.85. The van der Waals surface area contributed by atoms with Gasteiger partial charge in [-0.3, -0.25) is 15.0 Å². The first-order chi connectivity index (χ1) is 9.95. The zero-order chi connectivity index (χ0) is 15.6. The molecule has 1 heterocycles. The van der Waals surface area contributed by atoms with Gasteiger partial charge in [0.05, 0.1) is 4.92 Å². The monoisotopic (exact) mass is 311 g/mol. The lowest BCUT2D eigenvalue weighted by atomic mass is 9.92. The number of hydrogen-bond acceptors (Lipinski definition) is 4. The second kappa shape index (κ2) is 6.73. The predicted octanol–water partition coefficient (Wildman–Crippen LogP) is 3.51. The summed E-state index contributed by atoms with van der Waals surface area (Å²) < 4.78 is 0.